The first kappa shape index (κ1) is 20.3. The van der Waals surface area contributed by atoms with Crippen LogP contribution in [0.15, 0.2) is 53.4 Å². The Morgan fingerprint density at radius 3 is 2.25 bits per heavy atom. The van der Waals surface area contributed by atoms with Gasteiger partial charge >= 0.3 is 0 Å². The fourth-order valence-corrected chi connectivity index (χ4v) is 4.31. The van der Waals surface area contributed by atoms with Gasteiger partial charge in [-0.15, -0.1) is 0 Å². The lowest BCUT2D eigenvalue weighted by atomic mass is 10.1. The van der Waals surface area contributed by atoms with Crippen LogP contribution in [0.25, 0.3) is 0 Å². The molecule has 1 heterocycles. The van der Waals surface area contributed by atoms with Crippen LogP contribution < -0.4 is 10.2 Å². The summed E-state index contributed by atoms with van der Waals surface area (Å²) < 4.78 is 38.9. The van der Waals surface area contributed by atoms with E-state index >= 15 is 0 Å². The Labute approximate surface area is 165 Å². The lowest BCUT2D eigenvalue weighted by Gasteiger charge is -2.28. The Morgan fingerprint density at radius 2 is 1.64 bits per heavy atom. The zero-order valence-electron chi connectivity index (χ0n) is 15.8. The molecule has 1 fully saturated rings. The molecule has 1 saturated heterocycles. The van der Waals surface area contributed by atoms with Crippen LogP contribution in [0, 0.1) is 5.82 Å². The van der Waals surface area contributed by atoms with Crippen LogP contribution >= 0.6 is 0 Å². The molecular weight excluding hydrogens is 381 g/mol. The van der Waals surface area contributed by atoms with Gasteiger partial charge in [-0.2, -0.15) is 4.31 Å². The average molecular weight is 405 g/mol. The van der Waals surface area contributed by atoms with Crippen molar-refractivity contribution in [2.24, 2.45) is 0 Å². The maximum atomic E-state index is 13.0. The van der Waals surface area contributed by atoms with E-state index in [9.17, 15) is 17.6 Å². The van der Waals surface area contributed by atoms with Crippen LogP contribution in [0.3, 0.4) is 0 Å². The number of piperidine rings is 1. The molecule has 0 atom stereocenters. The predicted molar refractivity (Wildman–Crippen MR) is 107 cm³/mol. The number of carbonyl (C=O) groups is 1. The number of anilines is 2. The molecule has 3 rings (SSSR count). The van der Waals surface area contributed by atoms with Crippen LogP contribution in [0.5, 0.6) is 0 Å². The maximum Gasteiger partial charge on any atom is 0.243 e. The van der Waals surface area contributed by atoms with Gasteiger partial charge in [0.05, 0.1) is 11.4 Å². The first-order valence-corrected chi connectivity index (χ1v) is 10.7. The minimum atomic E-state index is -3.87. The molecule has 150 valence electrons. The van der Waals surface area contributed by atoms with Gasteiger partial charge < -0.3 is 10.2 Å². The van der Waals surface area contributed by atoms with Gasteiger partial charge in [0.25, 0.3) is 0 Å². The molecule has 8 heteroatoms. The fourth-order valence-electron chi connectivity index (χ4n) is 3.18. The summed E-state index contributed by atoms with van der Waals surface area (Å²) in [6.45, 7) is 1.74. The van der Waals surface area contributed by atoms with Gasteiger partial charge in [-0.05, 0) is 67.8 Å². The van der Waals surface area contributed by atoms with Gasteiger partial charge in [0.2, 0.25) is 15.9 Å². The van der Waals surface area contributed by atoms with Crippen molar-refractivity contribution < 1.29 is 17.6 Å². The molecule has 2 aromatic carbocycles. The standard InChI is InChI=1S/C20H24FN3O3S/c1-23(28(26,27)19-11-5-16(21)6-12-19)15-20(25)22-17-7-9-18(10-8-17)24-13-3-2-4-14-24/h5-12H,2-4,13-15H2,1H3,(H,22,25). The number of nitrogens with one attached hydrogen (secondary N) is 1. The van der Waals surface area contributed by atoms with Gasteiger partial charge in [-0.1, -0.05) is 0 Å². The first-order chi connectivity index (χ1) is 13.4. The molecule has 1 aliphatic heterocycles. The van der Waals surface area contributed by atoms with E-state index in [1.807, 2.05) is 24.3 Å². The lowest BCUT2D eigenvalue weighted by Crippen LogP contribution is -2.35. The van der Waals surface area contributed by atoms with E-state index in [2.05, 4.69) is 10.2 Å². The molecule has 0 saturated carbocycles. The summed E-state index contributed by atoms with van der Waals surface area (Å²) in [5.74, 6) is -0.966. The highest BCUT2D eigenvalue weighted by atomic mass is 32.2. The third-order valence-corrected chi connectivity index (χ3v) is 6.58. The van der Waals surface area contributed by atoms with Crippen LogP contribution in [0.1, 0.15) is 19.3 Å². The summed E-state index contributed by atoms with van der Waals surface area (Å²) in [4.78, 5) is 14.5. The molecule has 1 amide bonds. The van der Waals surface area contributed by atoms with Crippen molar-refractivity contribution in [2.45, 2.75) is 24.2 Å². The summed E-state index contributed by atoms with van der Waals surface area (Å²) in [6.07, 6.45) is 3.64. The molecule has 0 aromatic heterocycles. The number of likely N-dealkylation sites (N-methyl/N-ethyl adjacent to an activating group) is 1. The predicted octanol–water partition coefficient (Wildman–Crippen LogP) is 3.08. The number of hydrogen-bond donors (Lipinski definition) is 1. The van der Waals surface area contributed by atoms with Crippen molar-refractivity contribution in [3.05, 3.63) is 54.3 Å². The van der Waals surface area contributed by atoms with E-state index in [1.54, 1.807) is 0 Å². The lowest BCUT2D eigenvalue weighted by molar-refractivity contribution is -0.116. The van der Waals surface area contributed by atoms with Crippen molar-refractivity contribution in [2.75, 3.05) is 36.9 Å². The van der Waals surface area contributed by atoms with E-state index in [1.165, 1.54) is 38.4 Å². The van der Waals surface area contributed by atoms with Crippen molar-refractivity contribution in [1.29, 1.82) is 0 Å². The number of halogens is 1. The number of benzene rings is 2. The van der Waals surface area contributed by atoms with E-state index < -0.39 is 21.7 Å². The number of sulfonamides is 1. The molecule has 0 unspecified atom stereocenters. The van der Waals surface area contributed by atoms with Gasteiger partial charge in [-0.25, -0.2) is 12.8 Å². The number of nitrogens with zero attached hydrogens (tertiary/aromatic N) is 2. The molecule has 28 heavy (non-hydrogen) atoms. The molecule has 1 N–H and O–H groups in total. The molecular formula is C20H24FN3O3S. The SMILES string of the molecule is CN(CC(=O)Nc1ccc(N2CCCCC2)cc1)S(=O)(=O)c1ccc(F)cc1. The van der Waals surface area contributed by atoms with Crippen molar-refractivity contribution in [1.82, 2.24) is 4.31 Å². The summed E-state index contributed by atoms with van der Waals surface area (Å²) in [5, 5.41) is 2.71. The van der Waals surface area contributed by atoms with Gasteiger partial charge in [0, 0.05) is 31.5 Å². The molecule has 2 aromatic rings. The highest BCUT2D eigenvalue weighted by molar-refractivity contribution is 7.89. The zero-order valence-corrected chi connectivity index (χ0v) is 16.6. The summed E-state index contributed by atoms with van der Waals surface area (Å²) in [5.41, 5.74) is 1.73. The number of amides is 1. The van der Waals surface area contributed by atoms with Crippen LogP contribution in [0.2, 0.25) is 0 Å². The number of carbonyl (C=O) groups excluding carboxylic acids is 1. The van der Waals surface area contributed by atoms with Gasteiger partial charge in [0.15, 0.2) is 0 Å². The Balaban J connectivity index is 1.59. The smallest absolute Gasteiger partial charge is 0.243 e. The van der Waals surface area contributed by atoms with Crippen LogP contribution in [-0.2, 0) is 14.8 Å². The van der Waals surface area contributed by atoms with Crippen LogP contribution in [-0.4, -0.2) is 45.3 Å². The first-order valence-electron chi connectivity index (χ1n) is 9.23. The fraction of sp³-hybridized carbons (Fsp3) is 0.350. The zero-order chi connectivity index (χ0) is 20.1. The normalized spacial score (nSPS) is 14.9. The van der Waals surface area contributed by atoms with Crippen molar-refractivity contribution >= 4 is 27.3 Å². The third-order valence-electron chi connectivity index (χ3n) is 4.76. The van der Waals surface area contributed by atoms with Crippen LogP contribution in [0.4, 0.5) is 15.8 Å². The van der Waals surface area contributed by atoms with E-state index in [0.717, 1.165) is 35.2 Å². The van der Waals surface area contributed by atoms with E-state index in [-0.39, 0.29) is 11.4 Å². The monoisotopic (exact) mass is 405 g/mol. The molecule has 0 aliphatic carbocycles. The van der Waals surface area contributed by atoms with E-state index in [4.69, 9.17) is 0 Å². The Morgan fingerprint density at radius 1 is 1.04 bits per heavy atom. The Bertz CT molecular complexity index is 909. The Kier molecular flexibility index (Phi) is 6.31. The topological polar surface area (TPSA) is 69.7 Å². The highest BCUT2D eigenvalue weighted by Crippen LogP contribution is 2.22. The molecule has 6 nitrogen and oxygen atoms in total. The minimum Gasteiger partial charge on any atom is -0.372 e. The third kappa shape index (κ3) is 4.88. The minimum absolute atomic E-state index is 0.0601. The average Bonchev–Trinajstić information content (AvgIpc) is 2.69. The summed E-state index contributed by atoms with van der Waals surface area (Å²) >= 11 is 0. The van der Waals surface area contributed by atoms with Crippen molar-refractivity contribution in [3.8, 4) is 0 Å². The Hall–Kier alpha value is -2.45. The second-order valence-corrected chi connectivity index (χ2v) is 8.90. The van der Waals surface area contributed by atoms with E-state index in [0.29, 0.717) is 5.69 Å². The van der Waals surface area contributed by atoms with Gasteiger partial charge in [0.1, 0.15) is 5.82 Å². The molecule has 0 radical (unpaired) electrons. The second-order valence-electron chi connectivity index (χ2n) is 6.86. The molecule has 0 bridgehead atoms. The highest BCUT2D eigenvalue weighted by Gasteiger charge is 2.23. The number of hydrogen-bond acceptors (Lipinski definition) is 4. The van der Waals surface area contributed by atoms with Crippen molar-refractivity contribution in [3.63, 3.8) is 0 Å². The summed E-state index contributed by atoms with van der Waals surface area (Å²) in [7, 11) is -2.55. The largest absolute Gasteiger partial charge is 0.372 e. The quantitative estimate of drug-likeness (QED) is 0.802. The van der Waals surface area contributed by atoms with Gasteiger partial charge in [-0.3, -0.25) is 4.79 Å². The maximum absolute atomic E-state index is 13.0. The molecule has 1 aliphatic rings. The molecule has 0 spiro atoms. The second kappa shape index (κ2) is 8.70. The summed E-state index contributed by atoms with van der Waals surface area (Å²) in [6, 6.07) is 12.1. The number of rotatable bonds is 6.